The first-order valence-electron chi connectivity index (χ1n) is 5.73. The zero-order chi connectivity index (χ0) is 14.9. The van der Waals surface area contributed by atoms with E-state index >= 15 is 0 Å². The Bertz CT molecular complexity index is 634. The highest BCUT2D eigenvalue weighted by Crippen LogP contribution is 2.27. The molecule has 3 N–H and O–H groups in total. The van der Waals surface area contributed by atoms with Crippen molar-refractivity contribution in [2.75, 3.05) is 5.32 Å². The molecule has 20 heavy (non-hydrogen) atoms. The predicted molar refractivity (Wildman–Crippen MR) is 81.7 cm³/mol. The Morgan fingerprint density at radius 1 is 1.45 bits per heavy atom. The predicted octanol–water partition coefficient (Wildman–Crippen LogP) is 3.43. The molecule has 0 bridgehead atoms. The van der Waals surface area contributed by atoms with Crippen LogP contribution < -0.4 is 11.1 Å². The summed E-state index contributed by atoms with van der Waals surface area (Å²) in [6.45, 7) is 3.59. The fourth-order valence-corrected chi connectivity index (χ4v) is 2.86. The van der Waals surface area contributed by atoms with Crippen molar-refractivity contribution in [3.63, 3.8) is 0 Å². The number of carbonyl (C=O) groups is 1. The Morgan fingerprint density at radius 3 is 2.70 bits per heavy atom. The van der Waals surface area contributed by atoms with Gasteiger partial charge in [0.25, 0.3) is 5.91 Å². The van der Waals surface area contributed by atoms with Gasteiger partial charge in [-0.05, 0) is 25.5 Å². The molecule has 0 aliphatic heterocycles. The Balaban J connectivity index is 2.23. The topological polar surface area (TPSA) is 80.9 Å². The van der Waals surface area contributed by atoms with Crippen LogP contribution in [0.15, 0.2) is 11.4 Å². The molecule has 2 rings (SSSR count). The van der Waals surface area contributed by atoms with Gasteiger partial charge >= 0.3 is 0 Å². The fourth-order valence-electron chi connectivity index (χ4n) is 1.52. The van der Waals surface area contributed by atoms with Gasteiger partial charge in [0.1, 0.15) is 15.9 Å². The molecule has 1 amide bonds. The van der Waals surface area contributed by atoms with Gasteiger partial charge in [0.2, 0.25) is 0 Å². The molecule has 0 spiro atoms. The Labute approximate surface area is 130 Å². The molecule has 106 valence electrons. The Hall–Kier alpha value is -1.21. The van der Waals surface area contributed by atoms with E-state index in [1.807, 2.05) is 6.92 Å². The maximum atomic E-state index is 12.1. The van der Waals surface area contributed by atoms with Crippen molar-refractivity contribution in [3.8, 4) is 0 Å². The third-order valence-corrected chi connectivity index (χ3v) is 4.04. The number of nitrogens with zero attached hydrogens (tertiary/aromatic N) is 2. The van der Waals surface area contributed by atoms with E-state index < -0.39 is 0 Å². The van der Waals surface area contributed by atoms with Gasteiger partial charge in [0, 0.05) is 5.38 Å². The number of nitrogens with two attached hydrogens (primary N) is 1. The van der Waals surface area contributed by atoms with Crippen LogP contribution in [0.3, 0.4) is 0 Å². The molecule has 0 radical (unpaired) electrons. The summed E-state index contributed by atoms with van der Waals surface area (Å²) < 4.78 is 0. The summed E-state index contributed by atoms with van der Waals surface area (Å²) in [5.74, 6) is -0.359. The second-order valence-electron chi connectivity index (χ2n) is 4.24. The summed E-state index contributed by atoms with van der Waals surface area (Å²) in [6.07, 6.45) is 0. The lowest BCUT2D eigenvalue weighted by atomic mass is 10.2. The van der Waals surface area contributed by atoms with Gasteiger partial charge in [-0.2, -0.15) is 0 Å². The molecule has 5 nitrogen and oxygen atoms in total. The number of pyridine rings is 1. The van der Waals surface area contributed by atoms with Crippen molar-refractivity contribution >= 4 is 46.1 Å². The van der Waals surface area contributed by atoms with Crippen LogP contribution in [0.1, 0.15) is 34.0 Å². The standard InChI is InChI=1S/C12H12Cl2N4OS/c1-5-3-8(13)17-10(14)9(5)18-11(19)7-4-20-12(16-7)6(2)15/h3-4,6H,15H2,1-2H3,(H,18,19). The molecule has 2 aromatic heterocycles. The summed E-state index contributed by atoms with van der Waals surface area (Å²) in [5, 5.41) is 5.46. The lowest BCUT2D eigenvalue weighted by Gasteiger charge is -2.09. The van der Waals surface area contributed by atoms with E-state index in [2.05, 4.69) is 15.3 Å². The molecule has 0 saturated heterocycles. The fraction of sp³-hybridized carbons (Fsp3) is 0.250. The van der Waals surface area contributed by atoms with Crippen LogP contribution in [-0.2, 0) is 0 Å². The maximum absolute atomic E-state index is 12.1. The molecule has 0 saturated carbocycles. The highest BCUT2D eigenvalue weighted by Gasteiger charge is 2.16. The molecule has 0 aliphatic carbocycles. The van der Waals surface area contributed by atoms with Gasteiger partial charge < -0.3 is 11.1 Å². The minimum atomic E-state index is -0.359. The number of nitrogens with one attached hydrogen (secondary N) is 1. The van der Waals surface area contributed by atoms with E-state index in [0.29, 0.717) is 16.4 Å². The Morgan fingerprint density at radius 2 is 2.15 bits per heavy atom. The molecule has 2 heterocycles. The minimum absolute atomic E-state index is 0.144. The third-order valence-electron chi connectivity index (χ3n) is 2.52. The lowest BCUT2D eigenvalue weighted by Crippen LogP contribution is -2.15. The number of carbonyl (C=O) groups excluding carboxylic acids is 1. The van der Waals surface area contributed by atoms with Gasteiger partial charge in [0.05, 0.1) is 11.7 Å². The number of aromatic nitrogens is 2. The van der Waals surface area contributed by atoms with Crippen LogP contribution in [-0.4, -0.2) is 15.9 Å². The molecule has 2 aromatic rings. The Kier molecular flexibility index (Phi) is 4.59. The summed E-state index contributed by atoms with van der Waals surface area (Å²) >= 11 is 13.1. The highest BCUT2D eigenvalue weighted by atomic mass is 35.5. The van der Waals surface area contributed by atoms with E-state index in [1.54, 1.807) is 18.4 Å². The zero-order valence-electron chi connectivity index (χ0n) is 10.8. The molecular formula is C12H12Cl2N4OS. The van der Waals surface area contributed by atoms with Gasteiger partial charge in [-0.15, -0.1) is 11.3 Å². The molecule has 1 unspecified atom stereocenters. The van der Waals surface area contributed by atoms with Crippen LogP contribution >= 0.6 is 34.5 Å². The van der Waals surface area contributed by atoms with E-state index in [-0.39, 0.29) is 22.3 Å². The van der Waals surface area contributed by atoms with Crippen molar-refractivity contribution in [3.05, 3.63) is 38.0 Å². The smallest absolute Gasteiger partial charge is 0.275 e. The summed E-state index contributed by atoms with van der Waals surface area (Å²) in [4.78, 5) is 20.2. The summed E-state index contributed by atoms with van der Waals surface area (Å²) in [5.41, 5.74) is 7.17. The molecule has 0 aromatic carbocycles. The quantitative estimate of drug-likeness (QED) is 0.845. The minimum Gasteiger partial charge on any atom is -0.322 e. The average molecular weight is 331 g/mol. The third kappa shape index (κ3) is 3.27. The van der Waals surface area contributed by atoms with Crippen LogP contribution in [0.2, 0.25) is 10.3 Å². The number of hydrogen-bond donors (Lipinski definition) is 2. The van der Waals surface area contributed by atoms with E-state index in [0.717, 1.165) is 5.56 Å². The van der Waals surface area contributed by atoms with Gasteiger partial charge in [0.15, 0.2) is 5.15 Å². The van der Waals surface area contributed by atoms with Gasteiger partial charge in [-0.1, -0.05) is 23.2 Å². The number of aryl methyl sites for hydroxylation is 1. The second kappa shape index (κ2) is 6.05. The van der Waals surface area contributed by atoms with Crippen LogP contribution in [0.5, 0.6) is 0 Å². The van der Waals surface area contributed by atoms with Crippen molar-refractivity contribution in [2.24, 2.45) is 5.73 Å². The number of hydrogen-bond acceptors (Lipinski definition) is 5. The van der Waals surface area contributed by atoms with E-state index in [4.69, 9.17) is 28.9 Å². The van der Waals surface area contributed by atoms with Crippen LogP contribution in [0, 0.1) is 6.92 Å². The van der Waals surface area contributed by atoms with Crippen molar-refractivity contribution in [1.29, 1.82) is 0 Å². The molecule has 0 aliphatic rings. The summed E-state index contributed by atoms with van der Waals surface area (Å²) in [6, 6.07) is 1.42. The molecule has 1 atom stereocenters. The number of amides is 1. The molecule has 8 heteroatoms. The van der Waals surface area contributed by atoms with Crippen molar-refractivity contribution < 1.29 is 4.79 Å². The van der Waals surface area contributed by atoms with Crippen LogP contribution in [0.4, 0.5) is 5.69 Å². The number of anilines is 1. The number of rotatable bonds is 3. The first-order chi connectivity index (χ1) is 9.38. The van der Waals surface area contributed by atoms with E-state index in [9.17, 15) is 4.79 Å². The van der Waals surface area contributed by atoms with Crippen molar-refractivity contribution in [2.45, 2.75) is 19.9 Å². The normalized spacial score (nSPS) is 12.2. The zero-order valence-corrected chi connectivity index (χ0v) is 13.1. The van der Waals surface area contributed by atoms with Gasteiger partial charge in [-0.25, -0.2) is 9.97 Å². The maximum Gasteiger partial charge on any atom is 0.275 e. The van der Waals surface area contributed by atoms with Gasteiger partial charge in [-0.3, -0.25) is 4.79 Å². The average Bonchev–Trinajstić information content (AvgIpc) is 2.83. The number of thiazole rings is 1. The SMILES string of the molecule is Cc1cc(Cl)nc(Cl)c1NC(=O)c1csc(C(C)N)n1. The second-order valence-corrected chi connectivity index (χ2v) is 5.88. The van der Waals surface area contributed by atoms with E-state index in [1.165, 1.54) is 11.3 Å². The summed E-state index contributed by atoms with van der Waals surface area (Å²) in [7, 11) is 0. The van der Waals surface area contributed by atoms with Crippen molar-refractivity contribution in [1.82, 2.24) is 9.97 Å². The first kappa shape index (κ1) is 15.2. The monoisotopic (exact) mass is 330 g/mol. The molecule has 0 fully saturated rings. The lowest BCUT2D eigenvalue weighted by molar-refractivity contribution is 0.102. The largest absolute Gasteiger partial charge is 0.322 e. The molecular weight excluding hydrogens is 319 g/mol. The number of halogens is 2. The highest BCUT2D eigenvalue weighted by molar-refractivity contribution is 7.09. The van der Waals surface area contributed by atoms with Crippen LogP contribution in [0.25, 0.3) is 0 Å². The first-order valence-corrected chi connectivity index (χ1v) is 7.37.